The molecule has 1 aliphatic heterocycles. The monoisotopic (exact) mass is 403 g/mol. The van der Waals surface area contributed by atoms with Gasteiger partial charge in [0.05, 0.1) is 18.7 Å². The number of amides is 3. The molecule has 152 valence electrons. The van der Waals surface area contributed by atoms with E-state index in [9.17, 15) is 14.4 Å². The Morgan fingerprint density at radius 3 is 2.40 bits per heavy atom. The Kier molecular flexibility index (Phi) is 5.30. The van der Waals surface area contributed by atoms with Gasteiger partial charge in [-0.25, -0.2) is 4.68 Å². The molecule has 30 heavy (non-hydrogen) atoms. The van der Waals surface area contributed by atoms with E-state index in [4.69, 9.17) is 0 Å². The van der Waals surface area contributed by atoms with Crippen LogP contribution in [0.5, 0.6) is 0 Å². The molecule has 3 amide bonds. The number of fused-ring (bicyclic) bond motifs is 1. The lowest BCUT2D eigenvalue weighted by Crippen LogP contribution is -2.36. The lowest BCUT2D eigenvalue weighted by molar-refractivity contribution is -0.125. The van der Waals surface area contributed by atoms with E-state index in [0.29, 0.717) is 23.7 Å². The minimum atomic E-state index is -0.514. The molecule has 2 heterocycles. The largest absolute Gasteiger partial charge is 0.326 e. The van der Waals surface area contributed by atoms with E-state index in [1.165, 1.54) is 6.92 Å². The van der Waals surface area contributed by atoms with Gasteiger partial charge in [0.2, 0.25) is 17.7 Å². The molecule has 0 radical (unpaired) electrons. The Hall–Kier alpha value is -3.94. The summed E-state index contributed by atoms with van der Waals surface area (Å²) in [6.07, 6.45) is 1.77. The first-order valence-electron chi connectivity index (χ1n) is 9.59. The summed E-state index contributed by atoms with van der Waals surface area (Å²) in [5, 5.41) is 12.7. The van der Waals surface area contributed by atoms with Gasteiger partial charge >= 0.3 is 0 Å². The van der Waals surface area contributed by atoms with E-state index in [1.54, 1.807) is 35.1 Å². The number of hydrogen-bond donors (Lipinski definition) is 3. The van der Waals surface area contributed by atoms with E-state index in [0.717, 1.165) is 11.1 Å². The highest BCUT2D eigenvalue weighted by molar-refractivity contribution is 6.00. The molecule has 2 aromatic carbocycles. The van der Waals surface area contributed by atoms with Gasteiger partial charge in [-0.1, -0.05) is 30.3 Å². The number of carbonyl (C=O) groups is 3. The lowest BCUT2D eigenvalue weighted by atomic mass is 10.0. The zero-order valence-electron chi connectivity index (χ0n) is 16.4. The van der Waals surface area contributed by atoms with Crippen LogP contribution in [0.1, 0.15) is 13.3 Å². The van der Waals surface area contributed by atoms with Crippen molar-refractivity contribution < 1.29 is 14.4 Å². The average Bonchev–Trinajstić information content (AvgIpc) is 3.12. The van der Waals surface area contributed by atoms with Crippen LogP contribution in [-0.4, -0.2) is 27.5 Å². The van der Waals surface area contributed by atoms with Crippen LogP contribution in [-0.2, 0) is 20.9 Å². The topological polar surface area (TPSA) is 105 Å². The number of carbonyl (C=O) groups excluding carboxylic acids is 3. The second kappa shape index (κ2) is 8.20. The summed E-state index contributed by atoms with van der Waals surface area (Å²) < 4.78 is 1.73. The molecule has 1 aromatic heterocycles. The molecule has 0 bridgehead atoms. The van der Waals surface area contributed by atoms with Crippen molar-refractivity contribution in [3.8, 4) is 11.1 Å². The van der Waals surface area contributed by atoms with Crippen LogP contribution in [0.3, 0.4) is 0 Å². The smallest absolute Gasteiger partial charge is 0.231 e. The zero-order chi connectivity index (χ0) is 21.1. The third kappa shape index (κ3) is 4.22. The molecule has 0 saturated carbocycles. The highest BCUT2D eigenvalue weighted by Gasteiger charge is 2.30. The Balaban J connectivity index is 1.40. The number of hydrogen-bond acceptors (Lipinski definition) is 4. The van der Waals surface area contributed by atoms with Crippen molar-refractivity contribution >= 4 is 34.9 Å². The van der Waals surface area contributed by atoms with Crippen LogP contribution < -0.4 is 16.0 Å². The standard InChI is InChI=1S/C22H21N5O3/c1-14(28)24-17-7-9-18(10-8-17)25-20(29)11-16-13-27-21(26-22(16)30)19(12-23-27)15-5-3-2-4-6-15/h2-10,12,16H,11,13H2,1H3,(H,24,28)(H,25,29)(H,26,30)/t16-/m0/s1. The number of anilines is 3. The predicted octanol–water partition coefficient (Wildman–Crippen LogP) is 3.11. The SMILES string of the molecule is CC(=O)Nc1ccc(NC(=O)C[C@H]2Cn3ncc(-c4ccccc4)c3NC2=O)cc1. The van der Waals surface area contributed by atoms with Crippen molar-refractivity contribution in [3.05, 3.63) is 60.8 Å². The average molecular weight is 403 g/mol. The van der Waals surface area contributed by atoms with E-state index in [-0.39, 0.29) is 24.1 Å². The Morgan fingerprint density at radius 1 is 1.07 bits per heavy atom. The molecule has 8 nitrogen and oxygen atoms in total. The van der Waals surface area contributed by atoms with Crippen LogP contribution in [0, 0.1) is 5.92 Å². The Bertz CT molecular complexity index is 1090. The summed E-state index contributed by atoms with van der Waals surface area (Å²) in [5.74, 6) is -0.489. The van der Waals surface area contributed by atoms with Crippen LogP contribution in [0.25, 0.3) is 11.1 Å². The third-order valence-electron chi connectivity index (χ3n) is 4.85. The summed E-state index contributed by atoms with van der Waals surface area (Å²) >= 11 is 0. The van der Waals surface area contributed by atoms with Gasteiger partial charge < -0.3 is 16.0 Å². The number of aromatic nitrogens is 2. The lowest BCUT2D eigenvalue weighted by Gasteiger charge is -2.24. The van der Waals surface area contributed by atoms with Gasteiger partial charge in [-0.05, 0) is 29.8 Å². The quantitative estimate of drug-likeness (QED) is 0.609. The van der Waals surface area contributed by atoms with Crippen molar-refractivity contribution in [1.82, 2.24) is 9.78 Å². The molecule has 0 unspecified atom stereocenters. The molecule has 0 saturated heterocycles. The van der Waals surface area contributed by atoms with Crippen LogP contribution in [0.15, 0.2) is 60.8 Å². The number of nitrogens with zero attached hydrogens (tertiary/aromatic N) is 2. The maximum absolute atomic E-state index is 12.6. The maximum atomic E-state index is 12.6. The summed E-state index contributed by atoms with van der Waals surface area (Å²) in [6, 6.07) is 16.5. The zero-order valence-corrected chi connectivity index (χ0v) is 16.4. The Labute approximate surface area is 173 Å². The van der Waals surface area contributed by atoms with Crippen LogP contribution >= 0.6 is 0 Å². The van der Waals surface area contributed by atoms with Crippen molar-refractivity contribution in [3.63, 3.8) is 0 Å². The molecule has 4 rings (SSSR count). The molecule has 8 heteroatoms. The fourth-order valence-corrected chi connectivity index (χ4v) is 3.43. The Morgan fingerprint density at radius 2 is 1.73 bits per heavy atom. The molecular formula is C22H21N5O3. The van der Waals surface area contributed by atoms with Crippen molar-refractivity contribution in [2.75, 3.05) is 16.0 Å². The fourth-order valence-electron chi connectivity index (χ4n) is 3.43. The fraction of sp³-hybridized carbons (Fsp3) is 0.182. The minimum Gasteiger partial charge on any atom is -0.326 e. The van der Waals surface area contributed by atoms with Crippen LogP contribution in [0.4, 0.5) is 17.2 Å². The third-order valence-corrected chi connectivity index (χ3v) is 4.85. The molecule has 0 aliphatic carbocycles. The first kappa shape index (κ1) is 19.4. The highest BCUT2D eigenvalue weighted by atomic mass is 16.2. The minimum absolute atomic E-state index is 0.0409. The molecule has 3 N–H and O–H groups in total. The van der Waals surface area contributed by atoms with Crippen molar-refractivity contribution in [1.29, 1.82) is 0 Å². The normalized spacial score (nSPS) is 15.1. The summed E-state index contributed by atoms with van der Waals surface area (Å²) in [4.78, 5) is 36.1. The van der Waals surface area contributed by atoms with E-state index in [1.807, 2.05) is 30.3 Å². The van der Waals surface area contributed by atoms with Gasteiger partial charge in [-0.3, -0.25) is 14.4 Å². The van der Waals surface area contributed by atoms with Gasteiger partial charge in [0, 0.05) is 30.3 Å². The predicted molar refractivity (Wildman–Crippen MR) is 114 cm³/mol. The molecular weight excluding hydrogens is 382 g/mol. The summed E-state index contributed by atoms with van der Waals surface area (Å²) in [5.41, 5.74) is 3.06. The first-order chi connectivity index (χ1) is 14.5. The summed E-state index contributed by atoms with van der Waals surface area (Å²) in [6.45, 7) is 1.77. The maximum Gasteiger partial charge on any atom is 0.231 e. The molecule has 3 aromatic rings. The molecule has 0 spiro atoms. The van der Waals surface area contributed by atoms with Crippen molar-refractivity contribution in [2.45, 2.75) is 19.9 Å². The number of nitrogens with one attached hydrogen (secondary N) is 3. The van der Waals surface area contributed by atoms with Gasteiger partial charge in [0.1, 0.15) is 5.82 Å². The van der Waals surface area contributed by atoms with Crippen LogP contribution in [0.2, 0.25) is 0 Å². The second-order valence-electron chi connectivity index (χ2n) is 7.15. The van der Waals surface area contributed by atoms with Gasteiger partial charge in [-0.2, -0.15) is 5.10 Å². The number of rotatable bonds is 5. The molecule has 1 aliphatic rings. The highest BCUT2D eigenvalue weighted by Crippen LogP contribution is 2.31. The molecule has 0 fully saturated rings. The van der Waals surface area contributed by atoms with E-state index in [2.05, 4.69) is 21.0 Å². The summed E-state index contributed by atoms with van der Waals surface area (Å²) in [7, 11) is 0. The van der Waals surface area contributed by atoms with E-state index >= 15 is 0 Å². The van der Waals surface area contributed by atoms with Crippen molar-refractivity contribution in [2.24, 2.45) is 5.92 Å². The van der Waals surface area contributed by atoms with Gasteiger partial charge in [0.25, 0.3) is 0 Å². The molecule has 1 atom stereocenters. The van der Waals surface area contributed by atoms with E-state index < -0.39 is 5.92 Å². The first-order valence-corrected chi connectivity index (χ1v) is 9.59. The second-order valence-corrected chi connectivity index (χ2v) is 7.15. The van der Waals surface area contributed by atoms with Gasteiger partial charge in [0.15, 0.2) is 0 Å². The number of benzene rings is 2. The van der Waals surface area contributed by atoms with Gasteiger partial charge in [-0.15, -0.1) is 0 Å².